The van der Waals surface area contributed by atoms with Crippen molar-refractivity contribution in [1.29, 1.82) is 16.2 Å². The van der Waals surface area contributed by atoms with E-state index in [1.165, 1.54) is 72.8 Å². The molecule has 10 rings (SSSR count). The third-order valence-electron chi connectivity index (χ3n) is 14.2. The van der Waals surface area contributed by atoms with Gasteiger partial charge in [0.1, 0.15) is 31.9 Å². The van der Waals surface area contributed by atoms with Crippen LogP contribution in [0.1, 0.15) is 48.6 Å². The van der Waals surface area contributed by atoms with Gasteiger partial charge in [-0.05, 0) is 105 Å². The second kappa shape index (κ2) is 20.0. The second-order valence-corrected chi connectivity index (χ2v) is 23.7. The minimum atomic E-state index is -4.64. The highest BCUT2D eigenvalue weighted by molar-refractivity contribution is 7.88. The average Bonchev–Trinajstić information content (AvgIpc) is 3.48. The van der Waals surface area contributed by atoms with Crippen molar-refractivity contribution >= 4 is 79.7 Å². The molecule has 0 fully saturated rings. The van der Waals surface area contributed by atoms with E-state index in [4.69, 9.17) is 12.5 Å². The van der Waals surface area contributed by atoms with E-state index in [0.29, 0.717) is 11.1 Å². The summed E-state index contributed by atoms with van der Waals surface area (Å²) in [5.41, 5.74) is 0.329. The first-order valence-electron chi connectivity index (χ1n) is 24.1. The summed E-state index contributed by atoms with van der Waals surface area (Å²) in [5, 5.41) is 67.3. The number of fused-ring (bicyclic) bond motifs is 3. The van der Waals surface area contributed by atoms with E-state index in [0.717, 1.165) is 34.9 Å². The highest BCUT2D eigenvalue weighted by atomic mass is 32.2. The molecule has 396 valence electrons. The standard InChI is InChI=1S/C59H40N6O12S3/c1-58(2,36-20-26-40(27-21-36)75-78(69,70)52-32-49(63-60)55(66)46-13-7-4-10-43(46)52)35-16-18-37(19-17-35)59(3,38-22-28-41(29-23-38)76-79(71,72)53-33-50(64-61)56(67)47-14-8-5-11-44(47)53)39-24-30-42(31-25-39)77-80(73,74)54-34-51(65-62)57(68)48-15-9-6-12-45(48)54/h4-34H,1-3H3. The Kier molecular flexibility index (Phi) is 13.3. The van der Waals surface area contributed by atoms with Crippen molar-refractivity contribution in [2.75, 3.05) is 0 Å². The van der Waals surface area contributed by atoms with Gasteiger partial charge in [0.25, 0.3) is 0 Å². The number of hydrogen-bond donors (Lipinski definition) is 0. The monoisotopic (exact) mass is 1120 g/mol. The van der Waals surface area contributed by atoms with E-state index in [-0.39, 0.29) is 54.5 Å². The largest absolute Gasteiger partial charge is 0.867 e. The molecule has 0 amide bonds. The minimum absolute atomic E-state index is 0.00445. The lowest BCUT2D eigenvalue weighted by molar-refractivity contribution is -0.265. The maximum absolute atomic E-state index is 13.9. The van der Waals surface area contributed by atoms with Gasteiger partial charge in [0, 0.05) is 27.0 Å². The average molecular weight is 1120 g/mol. The fourth-order valence-electron chi connectivity index (χ4n) is 9.76. The topological polar surface area (TPSA) is 284 Å². The van der Waals surface area contributed by atoms with Gasteiger partial charge < -0.3 is 27.9 Å². The molecule has 18 nitrogen and oxygen atoms in total. The van der Waals surface area contributed by atoms with Gasteiger partial charge in [-0.3, -0.25) is 0 Å². The van der Waals surface area contributed by atoms with E-state index in [1.807, 2.05) is 45.0 Å². The first-order chi connectivity index (χ1) is 38.1. The Balaban J connectivity index is 0.975. The fraction of sp³-hybridized carbons (Fsp3) is 0.0847. The van der Waals surface area contributed by atoms with Crippen LogP contribution >= 0.6 is 0 Å². The van der Waals surface area contributed by atoms with Crippen LogP contribution in [-0.4, -0.2) is 25.3 Å². The Morgan fingerprint density at radius 1 is 0.350 bits per heavy atom. The zero-order valence-electron chi connectivity index (χ0n) is 42.2. The first kappa shape index (κ1) is 53.3. The number of hydrogen-bond acceptors (Lipinski definition) is 15. The Morgan fingerprint density at radius 2 is 0.575 bits per heavy atom. The molecule has 10 aromatic carbocycles. The quantitative estimate of drug-likeness (QED) is 0.0555. The number of diazo groups is 3. The molecule has 0 aliphatic heterocycles. The van der Waals surface area contributed by atoms with E-state index < -0.39 is 85.3 Å². The van der Waals surface area contributed by atoms with Gasteiger partial charge in [-0.25, -0.2) is 0 Å². The summed E-state index contributed by atoms with van der Waals surface area (Å²) in [6.07, 6.45) is 0. The third-order valence-corrected chi connectivity index (χ3v) is 18.1. The van der Waals surface area contributed by atoms with E-state index in [9.17, 15) is 56.8 Å². The van der Waals surface area contributed by atoms with Crippen molar-refractivity contribution < 1.29 is 53.1 Å². The lowest BCUT2D eigenvalue weighted by Crippen LogP contribution is -2.26. The van der Waals surface area contributed by atoms with E-state index in [2.05, 4.69) is 14.9 Å². The highest BCUT2D eigenvalue weighted by Gasteiger charge is 2.35. The van der Waals surface area contributed by atoms with Gasteiger partial charge in [-0.1, -0.05) is 147 Å². The zero-order valence-corrected chi connectivity index (χ0v) is 44.7. The zero-order chi connectivity index (χ0) is 56.9. The smallest absolute Gasteiger partial charge is 0.379 e. The second-order valence-electron chi connectivity index (χ2n) is 19.1. The van der Waals surface area contributed by atoms with Crippen LogP contribution in [0.25, 0.3) is 47.2 Å². The van der Waals surface area contributed by atoms with Gasteiger partial charge in [-0.2, -0.15) is 25.3 Å². The molecule has 0 aliphatic rings. The van der Waals surface area contributed by atoms with Crippen LogP contribution in [0.4, 0.5) is 17.1 Å². The van der Waals surface area contributed by atoms with Crippen LogP contribution in [0.15, 0.2) is 203 Å². The van der Waals surface area contributed by atoms with Gasteiger partial charge in [0.2, 0.25) is 16.2 Å². The molecule has 0 bridgehead atoms. The molecule has 0 atom stereocenters. The molecule has 0 aliphatic carbocycles. The number of rotatable bonds is 14. The van der Waals surface area contributed by atoms with Crippen LogP contribution < -0.4 is 27.9 Å². The first-order valence-corrected chi connectivity index (χ1v) is 28.3. The van der Waals surface area contributed by atoms with Crippen molar-refractivity contribution in [1.82, 2.24) is 0 Å². The van der Waals surface area contributed by atoms with Crippen molar-refractivity contribution in [2.45, 2.75) is 46.3 Å². The Bertz CT molecular complexity index is 4480. The molecule has 0 heterocycles. The maximum atomic E-state index is 13.9. The van der Waals surface area contributed by atoms with Gasteiger partial charge in [0.05, 0.1) is 18.2 Å². The predicted octanol–water partition coefficient (Wildman–Crippen LogP) is 11.8. The molecule has 0 N–H and O–H groups in total. The molecule has 21 heteroatoms. The molecular weight excluding hydrogens is 1080 g/mol. The molecule has 0 aromatic heterocycles. The van der Waals surface area contributed by atoms with Crippen LogP contribution in [0.3, 0.4) is 0 Å². The minimum Gasteiger partial charge on any atom is -0.867 e. The Labute approximate surface area is 458 Å². The molecule has 10 aromatic rings. The summed E-state index contributed by atoms with van der Waals surface area (Å²) in [5.74, 6) is -2.21. The Morgan fingerprint density at radius 3 is 0.838 bits per heavy atom. The lowest BCUT2D eigenvalue weighted by atomic mass is 9.70. The van der Waals surface area contributed by atoms with Crippen molar-refractivity contribution in [3.8, 4) is 34.5 Å². The Hall–Kier alpha value is -10.1. The summed E-state index contributed by atoms with van der Waals surface area (Å²) in [6, 6.07) is 47.2. The fourth-order valence-corrected chi connectivity index (χ4v) is 13.2. The summed E-state index contributed by atoms with van der Waals surface area (Å²) in [4.78, 5) is 7.82. The summed E-state index contributed by atoms with van der Waals surface area (Å²) in [7, 11) is -13.8. The molecule has 0 spiro atoms. The van der Waals surface area contributed by atoms with Crippen LogP contribution in [0.5, 0.6) is 34.5 Å². The van der Waals surface area contributed by atoms with Gasteiger partial charge in [-0.15, -0.1) is 0 Å². The third kappa shape index (κ3) is 9.39. The molecule has 0 radical (unpaired) electrons. The van der Waals surface area contributed by atoms with Gasteiger partial charge >= 0.3 is 47.4 Å². The molecule has 0 saturated heterocycles. The molecule has 80 heavy (non-hydrogen) atoms. The maximum Gasteiger partial charge on any atom is 0.379 e. The molecule has 0 unspecified atom stereocenters. The van der Waals surface area contributed by atoms with Crippen LogP contribution in [-0.2, 0) is 41.2 Å². The predicted molar refractivity (Wildman–Crippen MR) is 291 cm³/mol. The normalized spacial score (nSPS) is 12.1. The van der Waals surface area contributed by atoms with Crippen LogP contribution in [0.2, 0.25) is 0 Å². The number of nitrogens with zero attached hydrogens (tertiary/aromatic N) is 6. The lowest BCUT2D eigenvalue weighted by Gasteiger charge is -2.33. The van der Waals surface area contributed by atoms with E-state index in [1.54, 1.807) is 72.8 Å². The molecule has 0 saturated carbocycles. The highest BCUT2D eigenvalue weighted by Crippen LogP contribution is 2.45. The van der Waals surface area contributed by atoms with Crippen molar-refractivity contribution in [2.24, 2.45) is 0 Å². The summed E-state index contributed by atoms with van der Waals surface area (Å²) in [6.45, 7) is 5.85. The molecular formula is C59H40N6O12S3. The van der Waals surface area contributed by atoms with E-state index >= 15 is 0 Å². The summed E-state index contributed by atoms with van der Waals surface area (Å²) >= 11 is 0. The van der Waals surface area contributed by atoms with Crippen LogP contribution in [0, 0.1) is 16.2 Å². The van der Waals surface area contributed by atoms with Crippen molar-refractivity contribution in [3.63, 3.8) is 0 Å². The van der Waals surface area contributed by atoms with Crippen molar-refractivity contribution in [3.05, 3.63) is 231 Å². The number of benzene rings is 10. The summed E-state index contributed by atoms with van der Waals surface area (Å²) < 4.78 is 99.6. The van der Waals surface area contributed by atoms with Gasteiger partial charge in [0.15, 0.2) is 14.9 Å². The SMILES string of the molecule is CC(C)(c1ccc(OS(=O)(=O)c2cc([N+]#N)c([O-])c3ccccc23)cc1)c1ccc(C(C)(c2ccc(OS(=O)(=O)c3cc([N+]#N)c([O-])c4ccccc34)cc2)c2ccc(OS(=O)(=O)c3cc([N+]#N)c([O-])c4ccccc34)cc2)cc1.